The van der Waals surface area contributed by atoms with Crippen LogP contribution in [0.4, 0.5) is 0 Å². The predicted octanol–water partition coefficient (Wildman–Crippen LogP) is 1.83. The van der Waals surface area contributed by atoms with E-state index in [9.17, 15) is 4.79 Å². The third-order valence-electron chi connectivity index (χ3n) is 4.44. The van der Waals surface area contributed by atoms with Crippen molar-refractivity contribution in [3.63, 3.8) is 0 Å². The molecule has 0 radical (unpaired) electrons. The van der Waals surface area contributed by atoms with E-state index >= 15 is 0 Å². The number of hydrogen-bond donors (Lipinski definition) is 0. The van der Waals surface area contributed by atoms with E-state index in [0.717, 1.165) is 32.1 Å². The lowest BCUT2D eigenvalue weighted by atomic mass is 9.75. The Labute approximate surface area is 105 Å². The maximum absolute atomic E-state index is 12.2. The van der Waals surface area contributed by atoms with Crippen LogP contribution in [0.3, 0.4) is 0 Å². The lowest BCUT2D eigenvalue weighted by Gasteiger charge is -2.42. The van der Waals surface area contributed by atoms with Gasteiger partial charge in [0.15, 0.2) is 0 Å². The van der Waals surface area contributed by atoms with Gasteiger partial charge in [0.05, 0.1) is 5.92 Å². The lowest BCUT2D eigenvalue weighted by Crippen LogP contribution is -2.54. The van der Waals surface area contributed by atoms with Gasteiger partial charge in [-0.2, -0.15) is 0 Å². The average Bonchev–Trinajstić information content (AvgIpc) is 2.23. The number of rotatable bonds is 1. The molecule has 0 unspecified atom stereocenters. The van der Waals surface area contributed by atoms with E-state index < -0.39 is 0 Å². The van der Waals surface area contributed by atoms with Gasteiger partial charge in [-0.15, -0.1) is 0 Å². The third-order valence-corrected chi connectivity index (χ3v) is 4.44. The molecule has 0 N–H and O–H groups in total. The maximum atomic E-state index is 12.2. The smallest absolute Gasteiger partial charge is 0.228 e. The predicted molar refractivity (Wildman–Crippen MR) is 69.7 cm³/mol. The molecule has 2 aliphatic rings. The lowest BCUT2D eigenvalue weighted by molar-refractivity contribution is -0.142. The number of carbonyl (C=O) groups excluding carboxylic acids is 1. The molecule has 2 saturated heterocycles. The molecule has 2 rings (SSSR count). The minimum Gasteiger partial charge on any atom is -0.342 e. The van der Waals surface area contributed by atoms with Crippen molar-refractivity contribution >= 4 is 5.91 Å². The van der Waals surface area contributed by atoms with Crippen molar-refractivity contribution in [2.45, 2.75) is 33.6 Å². The van der Waals surface area contributed by atoms with Crippen LogP contribution in [-0.2, 0) is 4.79 Å². The first kappa shape index (κ1) is 12.9. The van der Waals surface area contributed by atoms with Gasteiger partial charge in [-0.25, -0.2) is 0 Å². The van der Waals surface area contributed by atoms with E-state index in [1.165, 1.54) is 12.8 Å². The Kier molecular flexibility index (Phi) is 3.48. The summed E-state index contributed by atoms with van der Waals surface area (Å²) < 4.78 is 0. The van der Waals surface area contributed by atoms with E-state index in [0.29, 0.717) is 11.3 Å². The van der Waals surface area contributed by atoms with E-state index in [-0.39, 0.29) is 5.92 Å². The average molecular weight is 238 g/mol. The summed E-state index contributed by atoms with van der Waals surface area (Å²) in [6, 6.07) is 0. The molecule has 2 fully saturated rings. The summed E-state index contributed by atoms with van der Waals surface area (Å²) in [6.45, 7) is 10.8. The Morgan fingerprint density at radius 3 is 2.06 bits per heavy atom. The summed E-state index contributed by atoms with van der Waals surface area (Å²) in [5.41, 5.74) is 0.395. The van der Waals surface area contributed by atoms with Crippen LogP contribution in [0.25, 0.3) is 0 Å². The van der Waals surface area contributed by atoms with Gasteiger partial charge in [-0.3, -0.25) is 4.79 Å². The second-order valence-electron chi connectivity index (χ2n) is 6.88. The maximum Gasteiger partial charge on any atom is 0.228 e. The number of carbonyl (C=O) groups is 1. The molecule has 0 aromatic carbocycles. The van der Waals surface area contributed by atoms with Crippen LogP contribution in [0.5, 0.6) is 0 Å². The number of amides is 1. The molecule has 0 saturated carbocycles. The van der Waals surface area contributed by atoms with Gasteiger partial charge in [0.1, 0.15) is 0 Å². The number of nitrogens with zero attached hydrogens (tertiary/aromatic N) is 2. The molecule has 3 heteroatoms. The van der Waals surface area contributed by atoms with Gasteiger partial charge in [-0.05, 0) is 31.2 Å². The molecule has 98 valence electrons. The zero-order valence-electron chi connectivity index (χ0n) is 11.7. The van der Waals surface area contributed by atoms with Gasteiger partial charge in [0.2, 0.25) is 5.91 Å². The van der Waals surface area contributed by atoms with E-state index in [1.807, 2.05) is 0 Å². The molecular weight excluding hydrogens is 212 g/mol. The zero-order chi connectivity index (χ0) is 12.6. The fourth-order valence-corrected chi connectivity index (χ4v) is 3.08. The van der Waals surface area contributed by atoms with Crippen LogP contribution in [0.2, 0.25) is 0 Å². The first-order valence-corrected chi connectivity index (χ1v) is 6.85. The van der Waals surface area contributed by atoms with Crippen LogP contribution in [0.15, 0.2) is 0 Å². The van der Waals surface area contributed by atoms with Gasteiger partial charge in [0.25, 0.3) is 0 Å². The summed E-state index contributed by atoms with van der Waals surface area (Å²) >= 11 is 0. The molecule has 2 aliphatic heterocycles. The van der Waals surface area contributed by atoms with E-state index in [1.54, 1.807) is 0 Å². The second kappa shape index (κ2) is 4.60. The van der Waals surface area contributed by atoms with Crippen molar-refractivity contribution in [3.8, 4) is 0 Å². The van der Waals surface area contributed by atoms with Crippen molar-refractivity contribution in [3.05, 3.63) is 0 Å². The Balaban J connectivity index is 1.81. The van der Waals surface area contributed by atoms with Crippen molar-refractivity contribution in [1.29, 1.82) is 0 Å². The zero-order valence-corrected chi connectivity index (χ0v) is 11.7. The van der Waals surface area contributed by atoms with E-state index in [2.05, 4.69) is 37.6 Å². The van der Waals surface area contributed by atoms with Crippen molar-refractivity contribution in [1.82, 2.24) is 9.80 Å². The minimum absolute atomic E-state index is 0.284. The quantitative estimate of drug-likeness (QED) is 0.696. The van der Waals surface area contributed by atoms with E-state index in [4.69, 9.17) is 0 Å². The molecule has 2 heterocycles. The van der Waals surface area contributed by atoms with Gasteiger partial charge >= 0.3 is 0 Å². The van der Waals surface area contributed by atoms with Crippen LogP contribution < -0.4 is 0 Å². The van der Waals surface area contributed by atoms with Crippen molar-refractivity contribution < 1.29 is 4.79 Å². The molecule has 3 nitrogen and oxygen atoms in total. The highest BCUT2D eigenvalue weighted by Crippen LogP contribution is 2.34. The Bertz CT molecular complexity index is 281. The monoisotopic (exact) mass is 238 g/mol. The largest absolute Gasteiger partial charge is 0.342 e. The first-order chi connectivity index (χ1) is 7.88. The topological polar surface area (TPSA) is 23.6 Å². The number of hydrogen-bond acceptors (Lipinski definition) is 2. The standard InChI is InChI=1S/C14H26N2O/c1-14(2,3)12-5-7-16(8-6-12)13(17)11-9-15(4)10-11/h11-12H,5-10H2,1-4H3. The molecule has 0 aromatic heterocycles. The SMILES string of the molecule is CN1CC(C(=O)N2CCC(C(C)(C)C)CC2)C1. The molecule has 0 aliphatic carbocycles. The number of piperidine rings is 1. The molecule has 0 spiro atoms. The van der Waals surface area contributed by atoms with Crippen LogP contribution in [-0.4, -0.2) is 48.9 Å². The Morgan fingerprint density at radius 2 is 1.65 bits per heavy atom. The highest BCUT2D eigenvalue weighted by Gasteiger charge is 2.36. The Morgan fingerprint density at radius 1 is 1.12 bits per heavy atom. The van der Waals surface area contributed by atoms with Crippen LogP contribution in [0, 0.1) is 17.3 Å². The van der Waals surface area contributed by atoms with Crippen LogP contribution >= 0.6 is 0 Å². The van der Waals surface area contributed by atoms with Gasteiger partial charge < -0.3 is 9.80 Å². The van der Waals surface area contributed by atoms with Crippen molar-refractivity contribution in [2.75, 3.05) is 33.2 Å². The first-order valence-electron chi connectivity index (χ1n) is 6.85. The van der Waals surface area contributed by atoms with Gasteiger partial charge in [-0.1, -0.05) is 20.8 Å². The minimum atomic E-state index is 0.284. The molecule has 0 bridgehead atoms. The molecule has 0 atom stereocenters. The summed E-state index contributed by atoms with van der Waals surface area (Å²) in [5, 5.41) is 0. The van der Waals surface area contributed by atoms with Crippen molar-refractivity contribution in [2.24, 2.45) is 17.3 Å². The van der Waals surface area contributed by atoms with Gasteiger partial charge in [0, 0.05) is 26.2 Å². The third kappa shape index (κ3) is 2.82. The summed E-state index contributed by atoms with van der Waals surface area (Å²) in [5.74, 6) is 1.46. The highest BCUT2D eigenvalue weighted by atomic mass is 16.2. The normalized spacial score (nSPS) is 24.8. The summed E-state index contributed by atoms with van der Waals surface area (Å²) in [4.78, 5) is 16.5. The fourth-order valence-electron chi connectivity index (χ4n) is 3.08. The highest BCUT2D eigenvalue weighted by molar-refractivity contribution is 5.80. The molecular formula is C14H26N2O. The molecule has 17 heavy (non-hydrogen) atoms. The number of likely N-dealkylation sites (tertiary alicyclic amines) is 2. The summed E-state index contributed by atoms with van der Waals surface area (Å²) in [7, 11) is 2.08. The summed E-state index contributed by atoms with van der Waals surface area (Å²) in [6.07, 6.45) is 2.36. The fraction of sp³-hybridized carbons (Fsp3) is 0.929. The van der Waals surface area contributed by atoms with Crippen LogP contribution in [0.1, 0.15) is 33.6 Å². The molecule has 0 aromatic rings. The Hall–Kier alpha value is -0.570. The second-order valence-corrected chi connectivity index (χ2v) is 6.88. The molecule has 1 amide bonds.